The molecule has 5 heteroatoms. The van der Waals surface area contributed by atoms with E-state index in [-0.39, 0.29) is 16.5 Å². The van der Waals surface area contributed by atoms with Crippen molar-refractivity contribution in [2.45, 2.75) is 105 Å². The van der Waals surface area contributed by atoms with Crippen LogP contribution in [0.3, 0.4) is 0 Å². The molecule has 0 rings (SSSR count). The van der Waals surface area contributed by atoms with Crippen LogP contribution in [0.25, 0.3) is 0 Å². The molecule has 0 aliphatic heterocycles. The second-order valence-electron chi connectivity index (χ2n) is 6.74. The van der Waals surface area contributed by atoms with Gasteiger partial charge in [0.25, 0.3) is 0 Å². The summed E-state index contributed by atoms with van der Waals surface area (Å²) < 4.78 is 0. The molecule has 0 aromatic rings. The first-order valence-electron chi connectivity index (χ1n) is 9.84. The van der Waals surface area contributed by atoms with Crippen molar-refractivity contribution in [1.29, 1.82) is 0 Å². The molecule has 0 fully saturated rings. The molecule has 154 valence electrons. The normalized spacial score (nSPS) is 12.3. The van der Waals surface area contributed by atoms with E-state index in [1.165, 1.54) is 38.5 Å². The van der Waals surface area contributed by atoms with E-state index in [0.29, 0.717) is 24.7 Å². The number of hydrogen-bond donors (Lipinski definition) is 2. The minimum Gasteiger partial charge on any atom is -0.481 e. The molecule has 0 radical (unpaired) electrons. The molecule has 0 heterocycles. The maximum absolute atomic E-state index is 10.4. The third kappa shape index (κ3) is 23.4. The topological polar surface area (TPSA) is 74.6 Å². The fourth-order valence-corrected chi connectivity index (χ4v) is 2.76. The summed E-state index contributed by atoms with van der Waals surface area (Å²) in [5, 5.41) is 17.1. The van der Waals surface area contributed by atoms with E-state index in [1.54, 1.807) is 0 Å². The zero-order valence-corrected chi connectivity index (χ0v) is 17.7. The minimum atomic E-state index is -0.654. The molecule has 0 aromatic heterocycles. The van der Waals surface area contributed by atoms with Crippen molar-refractivity contribution in [2.24, 2.45) is 11.8 Å². The molecule has 0 bridgehead atoms. The predicted octanol–water partition coefficient (Wildman–Crippen LogP) is 6.13. The van der Waals surface area contributed by atoms with E-state index in [0.717, 1.165) is 25.7 Å². The number of rotatable bonds is 14. The molecule has 0 aliphatic rings. The van der Waals surface area contributed by atoms with E-state index in [4.69, 9.17) is 10.2 Å². The number of carbonyl (C=O) groups is 2. The Hall–Kier alpha value is -0.566. The van der Waals surface area contributed by atoms with Crippen molar-refractivity contribution in [2.75, 3.05) is 0 Å². The van der Waals surface area contributed by atoms with Gasteiger partial charge in [-0.1, -0.05) is 79.1 Å². The quantitative estimate of drug-likeness (QED) is 0.270. The molecule has 0 saturated carbocycles. The number of carboxylic acids is 2. The smallest absolute Gasteiger partial charge is 0.303 e. The molecule has 0 saturated heterocycles. The van der Waals surface area contributed by atoms with Crippen LogP contribution >= 0.6 is 0 Å². The average Bonchev–Trinajstić information content (AvgIpc) is 2.53. The molecule has 0 aliphatic carbocycles. The van der Waals surface area contributed by atoms with Gasteiger partial charge < -0.3 is 10.2 Å². The number of unbranched alkanes of at least 4 members (excludes halogenated alkanes) is 4. The standard InChI is InChI=1S/2C10H20O2.Ni/c2*1-3-5-6-7-9(4-2)8-10(11)12;/h2*9H,3-8H2,1-2H3,(H,11,12);. The molecular formula is C20H40NiO4. The Labute approximate surface area is 165 Å². The molecular weight excluding hydrogens is 363 g/mol. The van der Waals surface area contributed by atoms with Crippen LogP contribution in [-0.2, 0) is 26.1 Å². The second-order valence-corrected chi connectivity index (χ2v) is 6.74. The number of aliphatic carboxylic acids is 2. The first-order valence-corrected chi connectivity index (χ1v) is 9.84. The van der Waals surface area contributed by atoms with Crippen molar-refractivity contribution in [3.8, 4) is 0 Å². The van der Waals surface area contributed by atoms with Gasteiger partial charge in [0, 0.05) is 29.3 Å². The Morgan fingerprint density at radius 3 is 1.20 bits per heavy atom. The maximum atomic E-state index is 10.4. The van der Waals surface area contributed by atoms with E-state index in [1.807, 2.05) is 0 Å². The average molecular weight is 403 g/mol. The first-order chi connectivity index (χ1) is 11.4. The van der Waals surface area contributed by atoms with E-state index < -0.39 is 11.9 Å². The van der Waals surface area contributed by atoms with E-state index >= 15 is 0 Å². The number of carboxylic acid groups (broad SMARTS) is 2. The SMILES string of the molecule is CCCCCC(CC)CC(=O)O.CCCCCC(CC)CC(=O)O.[Ni]. The molecule has 0 amide bonds. The molecule has 0 aromatic carbocycles. The summed E-state index contributed by atoms with van der Waals surface area (Å²) in [5.74, 6) is -0.514. The molecule has 2 unspecified atom stereocenters. The van der Waals surface area contributed by atoms with Crippen LogP contribution < -0.4 is 0 Å². The van der Waals surface area contributed by atoms with Crippen LogP contribution in [0.15, 0.2) is 0 Å². The van der Waals surface area contributed by atoms with Crippen LogP contribution in [0.4, 0.5) is 0 Å². The molecule has 4 nitrogen and oxygen atoms in total. The Kier molecular flexibility index (Phi) is 25.1. The third-order valence-corrected chi connectivity index (χ3v) is 4.51. The van der Waals surface area contributed by atoms with E-state index in [9.17, 15) is 9.59 Å². The van der Waals surface area contributed by atoms with Crippen LogP contribution in [0, 0.1) is 11.8 Å². The van der Waals surface area contributed by atoms with Gasteiger partial charge in [-0.05, 0) is 24.7 Å². The molecule has 2 atom stereocenters. The van der Waals surface area contributed by atoms with Crippen molar-refractivity contribution in [3.05, 3.63) is 0 Å². The maximum Gasteiger partial charge on any atom is 0.303 e. The fourth-order valence-electron chi connectivity index (χ4n) is 2.76. The Bertz CT molecular complexity index is 278. The molecule has 25 heavy (non-hydrogen) atoms. The summed E-state index contributed by atoms with van der Waals surface area (Å²) in [6.45, 7) is 8.47. The van der Waals surface area contributed by atoms with Crippen molar-refractivity contribution >= 4 is 11.9 Å². The second kappa shape index (κ2) is 21.5. The summed E-state index contributed by atoms with van der Waals surface area (Å²) in [6.07, 6.45) is 12.1. The first kappa shape index (κ1) is 29.2. The van der Waals surface area contributed by atoms with Gasteiger partial charge in [0.2, 0.25) is 0 Å². The van der Waals surface area contributed by atoms with Gasteiger partial charge in [0.15, 0.2) is 0 Å². The Balaban J connectivity index is -0.000000372. The van der Waals surface area contributed by atoms with Crippen molar-refractivity contribution < 1.29 is 36.3 Å². The zero-order chi connectivity index (χ0) is 18.8. The van der Waals surface area contributed by atoms with Gasteiger partial charge in [-0.15, -0.1) is 0 Å². The van der Waals surface area contributed by atoms with Crippen LogP contribution in [0.5, 0.6) is 0 Å². The van der Waals surface area contributed by atoms with Gasteiger partial charge in [0.1, 0.15) is 0 Å². The summed E-state index contributed by atoms with van der Waals surface area (Å²) in [5.41, 5.74) is 0. The zero-order valence-electron chi connectivity index (χ0n) is 16.7. The predicted molar refractivity (Wildman–Crippen MR) is 100 cm³/mol. The largest absolute Gasteiger partial charge is 0.481 e. The van der Waals surface area contributed by atoms with Gasteiger partial charge in [0.05, 0.1) is 0 Å². The summed E-state index contributed by atoms with van der Waals surface area (Å²) >= 11 is 0. The Morgan fingerprint density at radius 1 is 0.680 bits per heavy atom. The van der Waals surface area contributed by atoms with Gasteiger partial charge in [-0.25, -0.2) is 0 Å². The summed E-state index contributed by atoms with van der Waals surface area (Å²) in [4.78, 5) is 20.8. The monoisotopic (exact) mass is 402 g/mol. The fraction of sp³-hybridized carbons (Fsp3) is 0.900. The minimum absolute atomic E-state index is 0. The van der Waals surface area contributed by atoms with Crippen LogP contribution in [-0.4, -0.2) is 22.2 Å². The van der Waals surface area contributed by atoms with Gasteiger partial charge in [-0.2, -0.15) is 0 Å². The van der Waals surface area contributed by atoms with Crippen molar-refractivity contribution in [1.82, 2.24) is 0 Å². The van der Waals surface area contributed by atoms with Gasteiger partial charge >= 0.3 is 11.9 Å². The third-order valence-electron chi connectivity index (χ3n) is 4.51. The molecule has 2 N–H and O–H groups in total. The van der Waals surface area contributed by atoms with Gasteiger partial charge in [-0.3, -0.25) is 9.59 Å². The molecule has 0 spiro atoms. The van der Waals surface area contributed by atoms with E-state index in [2.05, 4.69) is 27.7 Å². The Morgan fingerprint density at radius 2 is 1.00 bits per heavy atom. The van der Waals surface area contributed by atoms with Crippen LogP contribution in [0.2, 0.25) is 0 Å². The summed E-state index contributed by atoms with van der Waals surface area (Å²) in [7, 11) is 0. The van der Waals surface area contributed by atoms with Crippen molar-refractivity contribution in [3.63, 3.8) is 0 Å². The number of hydrogen-bond acceptors (Lipinski definition) is 2. The van der Waals surface area contributed by atoms with Crippen LogP contribution in [0.1, 0.15) is 105 Å². The summed E-state index contributed by atoms with van der Waals surface area (Å²) in [6, 6.07) is 0.